The highest BCUT2D eigenvalue weighted by Gasteiger charge is 2.26. The van der Waals surface area contributed by atoms with Crippen molar-refractivity contribution < 1.29 is 4.79 Å². The van der Waals surface area contributed by atoms with Gasteiger partial charge in [0.1, 0.15) is 0 Å². The van der Waals surface area contributed by atoms with Gasteiger partial charge in [-0.05, 0) is 67.0 Å². The number of nitrogens with zero attached hydrogens (tertiary/aromatic N) is 1. The van der Waals surface area contributed by atoms with Gasteiger partial charge in [0.05, 0.1) is 5.92 Å². The van der Waals surface area contributed by atoms with Gasteiger partial charge in [-0.3, -0.25) is 4.79 Å². The van der Waals surface area contributed by atoms with Crippen molar-refractivity contribution in [2.45, 2.75) is 38.5 Å². The van der Waals surface area contributed by atoms with Gasteiger partial charge in [-0.25, -0.2) is 0 Å². The summed E-state index contributed by atoms with van der Waals surface area (Å²) in [7, 11) is 0. The van der Waals surface area contributed by atoms with Gasteiger partial charge in [0.15, 0.2) is 0 Å². The van der Waals surface area contributed by atoms with Gasteiger partial charge >= 0.3 is 0 Å². The first-order valence-electron chi connectivity index (χ1n) is 9.44. The lowest BCUT2D eigenvalue weighted by Gasteiger charge is -2.25. The van der Waals surface area contributed by atoms with Crippen molar-refractivity contribution in [2.24, 2.45) is 5.92 Å². The second-order valence-electron chi connectivity index (χ2n) is 7.52. The number of anilines is 2. The lowest BCUT2D eigenvalue weighted by Crippen LogP contribution is -2.24. The first-order valence-corrected chi connectivity index (χ1v) is 9.44. The number of benzene rings is 2. The van der Waals surface area contributed by atoms with Gasteiger partial charge in [0, 0.05) is 24.5 Å². The van der Waals surface area contributed by atoms with E-state index in [4.69, 9.17) is 0 Å². The summed E-state index contributed by atoms with van der Waals surface area (Å²) in [5.74, 6) is 0.865. The highest BCUT2D eigenvalue weighted by atomic mass is 16.1. The van der Waals surface area contributed by atoms with Crippen molar-refractivity contribution in [1.82, 2.24) is 0 Å². The van der Waals surface area contributed by atoms with Crippen LogP contribution in [0.2, 0.25) is 0 Å². The number of carbonyl (C=O) groups excluding carboxylic acids is 1. The normalized spacial score (nSPS) is 22.5. The SMILES string of the molecule is CC1CCN(c2ccc(NC(=O)C3CCCc4ccccc43)cc2)C1. The number of rotatable bonds is 3. The maximum absolute atomic E-state index is 12.8. The predicted molar refractivity (Wildman–Crippen MR) is 103 cm³/mol. The van der Waals surface area contributed by atoms with Crippen molar-refractivity contribution in [3.63, 3.8) is 0 Å². The van der Waals surface area contributed by atoms with Gasteiger partial charge in [-0.1, -0.05) is 31.2 Å². The molecule has 130 valence electrons. The van der Waals surface area contributed by atoms with Gasteiger partial charge in [0.2, 0.25) is 5.91 Å². The molecule has 3 heteroatoms. The Balaban J connectivity index is 1.45. The summed E-state index contributed by atoms with van der Waals surface area (Å²) >= 11 is 0. The topological polar surface area (TPSA) is 32.3 Å². The largest absolute Gasteiger partial charge is 0.371 e. The molecule has 2 aromatic carbocycles. The molecule has 2 unspecified atom stereocenters. The molecule has 1 amide bonds. The molecular formula is C22H26N2O. The number of fused-ring (bicyclic) bond motifs is 1. The Bertz CT molecular complexity index is 753. The molecule has 0 radical (unpaired) electrons. The molecule has 0 spiro atoms. The summed E-state index contributed by atoms with van der Waals surface area (Å²) in [5, 5.41) is 3.12. The van der Waals surface area contributed by atoms with Crippen LogP contribution in [0.4, 0.5) is 11.4 Å². The Labute approximate surface area is 150 Å². The lowest BCUT2D eigenvalue weighted by molar-refractivity contribution is -0.117. The Kier molecular flexibility index (Phi) is 4.48. The summed E-state index contributed by atoms with van der Waals surface area (Å²) in [6, 6.07) is 16.7. The number of hydrogen-bond donors (Lipinski definition) is 1. The summed E-state index contributed by atoms with van der Waals surface area (Å²) < 4.78 is 0. The van der Waals surface area contributed by atoms with E-state index in [1.807, 2.05) is 18.2 Å². The molecule has 2 aromatic rings. The Morgan fingerprint density at radius 1 is 1.08 bits per heavy atom. The number of carbonyl (C=O) groups is 1. The van der Waals surface area contributed by atoms with Gasteiger partial charge in [-0.2, -0.15) is 0 Å². The zero-order chi connectivity index (χ0) is 17.2. The van der Waals surface area contributed by atoms with Crippen LogP contribution < -0.4 is 10.2 Å². The standard InChI is InChI=1S/C22H26N2O/c1-16-13-14-24(15-16)19-11-9-18(10-12-19)23-22(25)21-8-4-6-17-5-2-3-7-20(17)21/h2-3,5,7,9-12,16,21H,4,6,8,13-15H2,1H3,(H,23,25). The fourth-order valence-corrected chi connectivity index (χ4v) is 4.18. The van der Waals surface area contributed by atoms with E-state index in [-0.39, 0.29) is 11.8 Å². The van der Waals surface area contributed by atoms with Gasteiger partial charge < -0.3 is 10.2 Å². The third kappa shape index (κ3) is 3.41. The van der Waals surface area contributed by atoms with E-state index in [0.29, 0.717) is 0 Å². The summed E-state index contributed by atoms with van der Waals surface area (Å²) in [5.41, 5.74) is 4.68. The molecular weight excluding hydrogens is 308 g/mol. The minimum atomic E-state index is -0.0240. The summed E-state index contributed by atoms with van der Waals surface area (Å²) in [6.45, 7) is 4.56. The Morgan fingerprint density at radius 2 is 1.88 bits per heavy atom. The third-order valence-electron chi connectivity index (χ3n) is 5.61. The van der Waals surface area contributed by atoms with Crippen molar-refractivity contribution in [2.75, 3.05) is 23.3 Å². The highest BCUT2D eigenvalue weighted by Crippen LogP contribution is 2.32. The first-order chi connectivity index (χ1) is 12.2. The molecule has 4 rings (SSSR count). The summed E-state index contributed by atoms with van der Waals surface area (Å²) in [6.07, 6.45) is 4.37. The van der Waals surface area contributed by atoms with E-state index in [9.17, 15) is 4.79 Å². The van der Waals surface area contributed by atoms with Crippen LogP contribution in [0.15, 0.2) is 48.5 Å². The zero-order valence-electron chi connectivity index (χ0n) is 14.9. The van der Waals surface area contributed by atoms with Crippen LogP contribution >= 0.6 is 0 Å². The van der Waals surface area contributed by atoms with Crippen molar-refractivity contribution in [3.8, 4) is 0 Å². The maximum atomic E-state index is 12.8. The predicted octanol–water partition coefficient (Wildman–Crippen LogP) is 4.59. The maximum Gasteiger partial charge on any atom is 0.231 e. The molecule has 25 heavy (non-hydrogen) atoms. The minimum Gasteiger partial charge on any atom is -0.371 e. The number of hydrogen-bond acceptors (Lipinski definition) is 2. The first kappa shape index (κ1) is 16.2. The number of nitrogens with one attached hydrogen (secondary N) is 1. The van der Waals surface area contributed by atoms with Crippen molar-refractivity contribution in [3.05, 3.63) is 59.7 Å². The smallest absolute Gasteiger partial charge is 0.231 e. The molecule has 1 aliphatic carbocycles. The van der Waals surface area contributed by atoms with Gasteiger partial charge in [0.25, 0.3) is 0 Å². The summed E-state index contributed by atoms with van der Waals surface area (Å²) in [4.78, 5) is 15.2. The van der Waals surface area contributed by atoms with Crippen LogP contribution in [0.5, 0.6) is 0 Å². The molecule has 1 aliphatic heterocycles. The number of aryl methyl sites for hydroxylation is 1. The second kappa shape index (κ2) is 6.91. The Hall–Kier alpha value is -2.29. The zero-order valence-corrected chi connectivity index (χ0v) is 14.9. The van der Waals surface area contributed by atoms with Crippen LogP contribution in [-0.4, -0.2) is 19.0 Å². The number of amides is 1. The van der Waals surface area contributed by atoms with Gasteiger partial charge in [-0.15, -0.1) is 0 Å². The lowest BCUT2D eigenvalue weighted by atomic mass is 9.82. The molecule has 0 saturated carbocycles. The highest BCUT2D eigenvalue weighted by molar-refractivity contribution is 5.96. The monoisotopic (exact) mass is 334 g/mol. The molecule has 1 heterocycles. The molecule has 0 bridgehead atoms. The fraction of sp³-hybridized carbons (Fsp3) is 0.409. The van der Waals surface area contributed by atoms with E-state index in [0.717, 1.165) is 44.0 Å². The van der Waals surface area contributed by atoms with E-state index in [1.165, 1.54) is 23.2 Å². The molecule has 1 fully saturated rings. The average Bonchev–Trinajstić information content (AvgIpc) is 3.08. The van der Waals surface area contributed by atoms with Crippen LogP contribution in [0, 0.1) is 5.92 Å². The van der Waals surface area contributed by atoms with E-state index in [2.05, 4.69) is 47.5 Å². The van der Waals surface area contributed by atoms with Crippen molar-refractivity contribution >= 4 is 17.3 Å². The molecule has 0 aromatic heterocycles. The fourth-order valence-electron chi connectivity index (χ4n) is 4.18. The van der Waals surface area contributed by atoms with Crippen molar-refractivity contribution in [1.29, 1.82) is 0 Å². The van der Waals surface area contributed by atoms with Crippen LogP contribution in [0.25, 0.3) is 0 Å². The van der Waals surface area contributed by atoms with Crippen LogP contribution in [0.1, 0.15) is 43.2 Å². The van der Waals surface area contributed by atoms with Crippen LogP contribution in [-0.2, 0) is 11.2 Å². The second-order valence-corrected chi connectivity index (χ2v) is 7.52. The quantitative estimate of drug-likeness (QED) is 0.890. The Morgan fingerprint density at radius 3 is 2.64 bits per heavy atom. The molecule has 2 atom stereocenters. The molecule has 1 saturated heterocycles. The van der Waals surface area contributed by atoms with Crippen LogP contribution in [0.3, 0.4) is 0 Å². The molecule has 3 nitrogen and oxygen atoms in total. The third-order valence-corrected chi connectivity index (χ3v) is 5.61. The average molecular weight is 334 g/mol. The van der Waals surface area contributed by atoms with E-state index >= 15 is 0 Å². The molecule has 1 N–H and O–H groups in total. The van der Waals surface area contributed by atoms with E-state index in [1.54, 1.807) is 0 Å². The minimum absolute atomic E-state index is 0.0240. The van der Waals surface area contributed by atoms with E-state index < -0.39 is 0 Å². The molecule has 2 aliphatic rings.